The van der Waals surface area contributed by atoms with E-state index in [9.17, 15) is 0 Å². The molecule has 4 heteroatoms. The zero-order valence-corrected chi connectivity index (χ0v) is 34.3. The van der Waals surface area contributed by atoms with Crippen LogP contribution in [0.25, 0.3) is 103 Å². The Morgan fingerprint density at radius 1 is 0.419 bits per heavy atom. The van der Waals surface area contributed by atoms with Gasteiger partial charge in [0.15, 0.2) is 0 Å². The summed E-state index contributed by atoms with van der Waals surface area (Å²) < 4.78 is 11.5. The highest BCUT2D eigenvalue weighted by Crippen LogP contribution is 2.50. The predicted molar refractivity (Wildman–Crippen MR) is 264 cm³/mol. The van der Waals surface area contributed by atoms with Crippen molar-refractivity contribution in [2.45, 2.75) is 0 Å². The monoisotopic (exact) mass is 808 g/mol. The molecule has 3 aromatic heterocycles. The molecule has 0 aliphatic rings. The van der Waals surface area contributed by atoms with Crippen molar-refractivity contribution in [3.8, 4) is 27.9 Å². The maximum absolute atomic E-state index is 6.59. The van der Waals surface area contributed by atoms with Crippen LogP contribution in [-0.4, -0.2) is 4.57 Å². The number of para-hydroxylation sites is 4. The Kier molecular flexibility index (Phi) is 7.78. The third-order valence-electron chi connectivity index (χ3n) is 12.6. The molecule has 0 bridgehead atoms. The smallest absolute Gasteiger partial charge is 0.143 e. The molecule has 13 rings (SSSR count). The highest BCUT2D eigenvalue weighted by molar-refractivity contribution is 7.26. The fourth-order valence-electron chi connectivity index (χ4n) is 9.82. The molecule has 0 saturated heterocycles. The van der Waals surface area contributed by atoms with Gasteiger partial charge in [-0.15, -0.1) is 11.3 Å². The van der Waals surface area contributed by atoms with Crippen molar-refractivity contribution >= 4 is 103 Å². The van der Waals surface area contributed by atoms with Gasteiger partial charge in [0.05, 0.1) is 22.4 Å². The largest absolute Gasteiger partial charge is 0.455 e. The average molecular weight is 809 g/mol. The van der Waals surface area contributed by atoms with Crippen LogP contribution in [0.15, 0.2) is 223 Å². The van der Waals surface area contributed by atoms with Gasteiger partial charge >= 0.3 is 0 Å². The number of thiophene rings is 1. The first kappa shape index (κ1) is 34.9. The maximum atomic E-state index is 6.59. The van der Waals surface area contributed by atoms with Gasteiger partial charge in [-0.25, -0.2) is 0 Å². The normalized spacial score (nSPS) is 11.9. The maximum Gasteiger partial charge on any atom is 0.143 e. The lowest BCUT2D eigenvalue weighted by molar-refractivity contribution is 0.670. The first-order valence-corrected chi connectivity index (χ1v) is 21.9. The molecule has 0 fully saturated rings. The minimum Gasteiger partial charge on any atom is -0.455 e. The van der Waals surface area contributed by atoms with Gasteiger partial charge in [0.2, 0.25) is 0 Å². The summed E-state index contributed by atoms with van der Waals surface area (Å²) in [6.07, 6.45) is 0. The average Bonchev–Trinajstić information content (AvgIpc) is 4.02. The van der Waals surface area contributed by atoms with E-state index in [2.05, 4.69) is 222 Å². The molecule has 62 heavy (non-hydrogen) atoms. The molecular formula is C58H36N2OS. The molecule has 10 aromatic carbocycles. The second kappa shape index (κ2) is 13.8. The van der Waals surface area contributed by atoms with E-state index >= 15 is 0 Å². The summed E-state index contributed by atoms with van der Waals surface area (Å²) in [4.78, 5) is 2.48. The molecule has 0 N–H and O–H groups in total. The van der Waals surface area contributed by atoms with Gasteiger partial charge in [-0.2, -0.15) is 0 Å². The summed E-state index contributed by atoms with van der Waals surface area (Å²) in [6.45, 7) is 0. The van der Waals surface area contributed by atoms with Crippen molar-refractivity contribution in [3.05, 3.63) is 218 Å². The summed E-state index contributed by atoms with van der Waals surface area (Å²) in [5, 5.41) is 9.68. The Labute approximate surface area is 361 Å². The van der Waals surface area contributed by atoms with E-state index in [1.54, 1.807) is 0 Å². The number of aromatic nitrogens is 1. The standard InChI is InChI=1S/C58H36N2OS/c1-2-18-42-37(14-1)15-12-27-50(42)60(41-17-11-16-39(36-41)43-23-13-24-48-46-21-5-9-28-54(46)61-57(43)48)53-35-34-49-47-22-6-10-29-55(47)62-58(49)56(53)38-30-32-40(33-31-38)59-51-25-7-3-19-44(51)45-20-4-8-26-52(45)59/h1-36H. The molecule has 0 saturated carbocycles. The van der Waals surface area contributed by atoms with Gasteiger partial charge in [0, 0.05) is 69.6 Å². The van der Waals surface area contributed by atoms with Crippen LogP contribution < -0.4 is 4.90 Å². The Balaban J connectivity index is 1.06. The third kappa shape index (κ3) is 5.30. The molecule has 0 atom stereocenters. The SMILES string of the molecule is c1cc(-c2cccc3c2oc2ccccc23)cc(N(c2ccc3c(sc4ccccc43)c2-c2ccc(-n3c4ccccc4c4ccccc43)cc2)c2cccc3ccccc23)c1. The van der Waals surface area contributed by atoms with Crippen molar-refractivity contribution in [3.63, 3.8) is 0 Å². The van der Waals surface area contributed by atoms with Crippen LogP contribution in [0.4, 0.5) is 17.1 Å². The van der Waals surface area contributed by atoms with Gasteiger partial charge in [-0.1, -0.05) is 158 Å². The van der Waals surface area contributed by atoms with Crippen molar-refractivity contribution in [2.24, 2.45) is 0 Å². The van der Waals surface area contributed by atoms with Crippen molar-refractivity contribution < 1.29 is 4.42 Å². The lowest BCUT2D eigenvalue weighted by atomic mass is 9.97. The highest BCUT2D eigenvalue weighted by atomic mass is 32.1. The number of furan rings is 1. The second-order valence-electron chi connectivity index (χ2n) is 16.0. The lowest BCUT2D eigenvalue weighted by Gasteiger charge is -2.30. The van der Waals surface area contributed by atoms with E-state index in [1.807, 2.05) is 17.4 Å². The van der Waals surface area contributed by atoms with Gasteiger partial charge in [0.25, 0.3) is 0 Å². The number of hydrogen-bond donors (Lipinski definition) is 0. The highest BCUT2D eigenvalue weighted by Gasteiger charge is 2.24. The predicted octanol–water partition coefficient (Wildman–Crippen LogP) is 17.0. The van der Waals surface area contributed by atoms with Crippen LogP contribution >= 0.6 is 11.3 Å². The Morgan fingerprint density at radius 2 is 1.06 bits per heavy atom. The number of hydrogen-bond acceptors (Lipinski definition) is 3. The summed E-state index contributed by atoms with van der Waals surface area (Å²) in [7, 11) is 0. The summed E-state index contributed by atoms with van der Waals surface area (Å²) in [5.74, 6) is 0. The van der Waals surface area contributed by atoms with Gasteiger partial charge < -0.3 is 13.9 Å². The first-order chi connectivity index (χ1) is 30.8. The quantitative estimate of drug-likeness (QED) is 0.167. The first-order valence-electron chi connectivity index (χ1n) is 21.1. The second-order valence-corrected chi connectivity index (χ2v) is 17.1. The molecular weight excluding hydrogens is 773 g/mol. The molecule has 0 amide bonds. The van der Waals surface area contributed by atoms with Crippen LogP contribution in [0, 0.1) is 0 Å². The number of anilines is 3. The van der Waals surface area contributed by atoms with Crippen LogP contribution in [0.5, 0.6) is 0 Å². The van der Waals surface area contributed by atoms with E-state index in [0.717, 1.165) is 61.4 Å². The van der Waals surface area contributed by atoms with Gasteiger partial charge in [-0.05, 0) is 77.2 Å². The molecule has 3 heterocycles. The zero-order valence-electron chi connectivity index (χ0n) is 33.5. The molecule has 0 radical (unpaired) electrons. The fraction of sp³-hybridized carbons (Fsp3) is 0. The van der Waals surface area contributed by atoms with Crippen LogP contribution in [0.1, 0.15) is 0 Å². The molecule has 0 unspecified atom stereocenters. The number of rotatable bonds is 6. The molecule has 3 nitrogen and oxygen atoms in total. The molecule has 290 valence electrons. The minimum atomic E-state index is 0.897. The van der Waals surface area contributed by atoms with E-state index < -0.39 is 0 Å². The fourth-order valence-corrected chi connectivity index (χ4v) is 11.1. The summed E-state index contributed by atoms with van der Waals surface area (Å²) >= 11 is 1.87. The Morgan fingerprint density at radius 3 is 1.89 bits per heavy atom. The van der Waals surface area contributed by atoms with E-state index in [4.69, 9.17) is 4.42 Å². The third-order valence-corrected chi connectivity index (χ3v) is 13.8. The topological polar surface area (TPSA) is 21.3 Å². The van der Waals surface area contributed by atoms with Crippen molar-refractivity contribution in [1.82, 2.24) is 4.57 Å². The Hall–Kier alpha value is -7.92. The van der Waals surface area contributed by atoms with Gasteiger partial charge in [0.1, 0.15) is 11.2 Å². The molecule has 0 aliphatic carbocycles. The van der Waals surface area contributed by atoms with Crippen LogP contribution in [0.2, 0.25) is 0 Å². The van der Waals surface area contributed by atoms with Crippen LogP contribution in [-0.2, 0) is 0 Å². The van der Waals surface area contributed by atoms with Crippen molar-refractivity contribution in [1.29, 1.82) is 0 Å². The number of benzene rings is 10. The minimum absolute atomic E-state index is 0.897. The molecule has 13 aromatic rings. The Bertz CT molecular complexity index is 3830. The van der Waals surface area contributed by atoms with Crippen molar-refractivity contribution in [2.75, 3.05) is 4.90 Å². The summed E-state index contributed by atoms with van der Waals surface area (Å²) in [5.41, 5.74) is 13.2. The summed E-state index contributed by atoms with van der Waals surface area (Å²) in [6, 6.07) is 79.3. The van der Waals surface area contributed by atoms with Gasteiger partial charge in [-0.3, -0.25) is 0 Å². The number of fused-ring (bicyclic) bond motifs is 10. The van der Waals surface area contributed by atoms with Crippen LogP contribution in [0.3, 0.4) is 0 Å². The van der Waals surface area contributed by atoms with E-state index in [1.165, 1.54) is 58.3 Å². The van der Waals surface area contributed by atoms with E-state index in [0.29, 0.717) is 0 Å². The molecule has 0 aliphatic heterocycles. The zero-order chi connectivity index (χ0) is 40.7. The molecule has 0 spiro atoms. The number of nitrogens with zero attached hydrogens (tertiary/aromatic N) is 2. The lowest BCUT2D eigenvalue weighted by Crippen LogP contribution is -2.12. The van der Waals surface area contributed by atoms with E-state index in [-0.39, 0.29) is 0 Å².